The molecule has 1 aromatic heterocycles. The van der Waals surface area contributed by atoms with Crippen molar-refractivity contribution in [1.82, 2.24) is 9.55 Å². The number of nitrogens with one attached hydrogen (secondary N) is 1. The minimum atomic E-state index is -0.555. The molecule has 18 heavy (non-hydrogen) atoms. The summed E-state index contributed by atoms with van der Waals surface area (Å²) in [5, 5.41) is 0.0736. The summed E-state index contributed by atoms with van der Waals surface area (Å²) in [4.78, 5) is 26.4. The number of hydrogen-bond donors (Lipinski definition) is 1. The van der Waals surface area contributed by atoms with Gasteiger partial charge in [-0.3, -0.25) is 9.78 Å². The fourth-order valence-electron chi connectivity index (χ4n) is 1.61. The highest BCUT2D eigenvalue weighted by atomic mass is 79.9. The maximum absolute atomic E-state index is 12.1. The zero-order chi connectivity index (χ0) is 13.4. The fraction of sp³-hybridized carbons (Fsp3) is 0.167. The summed E-state index contributed by atoms with van der Waals surface area (Å²) in [5.41, 5.74) is 0.851. The Labute approximate surface area is 116 Å². The SMILES string of the molecule is Cc1ccc(-n2c(=O)[nH]c(Cl)c(C)c2=O)c(Br)c1. The van der Waals surface area contributed by atoms with E-state index in [9.17, 15) is 9.59 Å². The molecule has 0 saturated carbocycles. The third kappa shape index (κ3) is 2.15. The van der Waals surface area contributed by atoms with Crippen LogP contribution in [0.1, 0.15) is 11.1 Å². The molecule has 1 N–H and O–H groups in total. The summed E-state index contributed by atoms with van der Waals surface area (Å²) in [6.45, 7) is 3.49. The van der Waals surface area contributed by atoms with E-state index in [4.69, 9.17) is 11.6 Å². The van der Waals surface area contributed by atoms with Crippen molar-refractivity contribution in [3.05, 3.63) is 59.8 Å². The smallest absolute Gasteiger partial charge is 0.297 e. The van der Waals surface area contributed by atoms with Crippen LogP contribution in [0.3, 0.4) is 0 Å². The van der Waals surface area contributed by atoms with E-state index < -0.39 is 11.2 Å². The summed E-state index contributed by atoms with van der Waals surface area (Å²) in [6, 6.07) is 5.38. The first kappa shape index (κ1) is 13.1. The molecule has 0 aliphatic heterocycles. The lowest BCUT2D eigenvalue weighted by Crippen LogP contribution is -2.35. The van der Waals surface area contributed by atoms with Crippen molar-refractivity contribution in [3.8, 4) is 5.69 Å². The van der Waals surface area contributed by atoms with Crippen LogP contribution in [-0.2, 0) is 0 Å². The van der Waals surface area contributed by atoms with E-state index in [1.54, 1.807) is 13.0 Å². The Morgan fingerprint density at radius 3 is 2.56 bits per heavy atom. The molecule has 1 heterocycles. The van der Waals surface area contributed by atoms with E-state index in [-0.39, 0.29) is 5.15 Å². The van der Waals surface area contributed by atoms with Crippen molar-refractivity contribution >= 4 is 27.5 Å². The zero-order valence-corrected chi connectivity index (χ0v) is 12.1. The van der Waals surface area contributed by atoms with Crippen molar-refractivity contribution in [2.75, 3.05) is 0 Å². The molecule has 6 heteroatoms. The van der Waals surface area contributed by atoms with Crippen LogP contribution in [0.2, 0.25) is 5.15 Å². The number of hydrogen-bond acceptors (Lipinski definition) is 2. The quantitative estimate of drug-likeness (QED) is 0.818. The van der Waals surface area contributed by atoms with Crippen molar-refractivity contribution in [2.45, 2.75) is 13.8 Å². The number of nitrogens with zero attached hydrogens (tertiary/aromatic N) is 1. The van der Waals surface area contributed by atoms with Gasteiger partial charge in [-0.05, 0) is 47.5 Å². The highest BCUT2D eigenvalue weighted by molar-refractivity contribution is 9.10. The second-order valence-electron chi connectivity index (χ2n) is 3.96. The van der Waals surface area contributed by atoms with Gasteiger partial charge < -0.3 is 0 Å². The van der Waals surface area contributed by atoms with Gasteiger partial charge in [0, 0.05) is 4.47 Å². The maximum atomic E-state index is 12.1. The van der Waals surface area contributed by atoms with Crippen molar-refractivity contribution in [2.24, 2.45) is 0 Å². The van der Waals surface area contributed by atoms with Crippen molar-refractivity contribution in [1.29, 1.82) is 0 Å². The maximum Gasteiger partial charge on any atom is 0.334 e. The number of halogens is 2. The number of aromatic amines is 1. The molecule has 0 saturated heterocycles. The summed E-state index contributed by atoms with van der Waals surface area (Å²) >= 11 is 9.11. The molecule has 1 aromatic carbocycles. The molecule has 0 aliphatic carbocycles. The molecule has 2 aromatic rings. The predicted molar refractivity (Wildman–Crippen MR) is 74.8 cm³/mol. The normalized spacial score (nSPS) is 10.7. The molecule has 0 amide bonds. The molecular weight excluding hydrogens is 320 g/mol. The van der Waals surface area contributed by atoms with E-state index in [2.05, 4.69) is 20.9 Å². The van der Waals surface area contributed by atoms with Gasteiger partial charge in [0.2, 0.25) is 0 Å². The molecule has 0 spiro atoms. The van der Waals surface area contributed by atoms with Gasteiger partial charge in [-0.1, -0.05) is 17.7 Å². The minimum Gasteiger partial charge on any atom is -0.297 e. The van der Waals surface area contributed by atoms with Crippen LogP contribution in [0.15, 0.2) is 32.3 Å². The Kier molecular flexibility index (Phi) is 3.45. The van der Waals surface area contributed by atoms with Gasteiger partial charge in [-0.15, -0.1) is 0 Å². The van der Waals surface area contributed by atoms with Gasteiger partial charge in [0.15, 0.2) is 0 Å². The van der Waals surface area contributed by atoms with Crippen LogP contribution in [0.5, 0.6) is 0 Å². The molecule has 4 nitrogen and oxygen atoms in total. The molecule has 94 valence electrons. The van der Waals surface area contributed by atoms with Gasteiger partial charge in [0.25, 0.3) is 5.56 Å². The van der Waals surface area contributed by atoms with Crippen LogP contribution in [0.4, 0.5) is 0 Å². The third-order valence-corrected chi connectivity index (χ3v) is 3.63. The topological polar surface area (TPSA) is 54.9 Å². The lowest BCUT2D eigenvalue weighted by molar-refractivity contribution is 0.856. The van der Waals surface area contributed by atoms with Crippen LogP contribution >= 0.6 is 27.5 Å². The van der Waals surface area contributed by atoms with Gasteiger partial charge in [-0.2, -0.15) is 0 Å². The van der Waals surface area contributed by atoms with Crippen LogP contribution < -0.4 is 11.2 Å². The van der Waals surface area contributed by atoms with Gasteiger partial charge in [0.1, 0.15) is 5.15 Å². The van der Waals surface area contributed by atoms with Crippen LogP contribution in [0, 0.1) is 13.8 Å². The number of aromatic nitrogens is 2. The molecule has 0 radical (unpaired) electrons. The molecule has 0 atom stereocenters. The second-order valence-corrected chi connectivity index (χ2v) is 5.20. The highest BCUT2D eigenvalue weighted by Crippen LogP contribution is 2.20. The first-order valence-electron chi connectivity index (χ1n) is 5.20. The number of benzene rings is 1. The van der Waals surface area contributed by atoms with Gasteiger partial charge >= 0.3 is 5.69 Å². The summed E-state index contributed by atoms with van der Waals surface area (Å²) in [6.07, 6.45) is 0. The van der Waals surface area contributed by atoms with E-state index in [0.717, 1.165) is 10.1 Å². The average molecular weight is 330 g/mol. The first-order valence-corrected chi connectivity index (χ1v) is 6.37. The summed E-state index contributed by atoms with van der Waals surface area (Å²) in [7, 11) is 0. The molecule has 0 fully saturated rings. The van der Waals surface area contributed by atoms with Gasteiger partial charge in [0.05, 0.1) is 11.3 Å². The lowest BCUT2D eigenvalue weighted by Gasteiger charge is -2.09. The van der Waals surface area contributed by atoms with E-state index >= 15 is 0 Å². The van der Waals surface area contributed by atoms with E-state index in [0.29, 0.717) is 15.7 Å². The molecular formula is C12H10BrClN2O2. The molecule has 0 unspecified atom stereocenters. The van der Waals surface area contributed by atoms with Crippen molar-refractivity contribution in [3.63, 3.8) is 0 Å². The zero-order valence-electron chi connectivity index (χ0n) is 9.75. The Morgan fingerprint density at radius 1 is 1.28 bits per heavy atom. The highest BCUT2D eigenvalue weighted by Gasteiger charge is 2.12. The largest absolute Gasteiger partial charge is 0.334 e. The number of rotatable bonds is 1. The first-order chi connectivity index (χ1) is 8.41. The van der Waals surface area contributed by atoms with Gasteiger partial charge in [-0.25, -0.2) is 9.36 Å². The Hall–Kier alpha value is -1.33. The predicted octanol–water partition coefficient (Wildman–Crippen LogP) is 2.56. The van der Waals surface area contributed by atoms with E-state index in [1.165, 1.54) is 0 Å². The average Bonchev–Trinajstić information content (AvgIpc) is 2.29. The summed E-state index contributed by atoms with van der Waals surface area (Å²) in [5.74, 6) is 0. The molecule has 0 bridgehead atoms. The van der Waals surface area contributed by atoms with Crippen LogP contribution in [-0.4, -0.2) is 9.55 Å². The lowest BCUT2D eigenvalue weighted by atomic mass is 10.2. The Morgan fingerprint density at radius 2 is 1.94 bits per heavy atom. The second kappa shape index (κ2) is 4.74. The van der Waals surface area contributed by atoms with E-state index in [1.807, 2.05) is 19.1 Å². The Bertz CT molecular complexity index is 734. The number of aryl methyl sites for hydroxylation is 1. The number of H-pyrrole nitrogens is 1. The van der Waals surface area contributed by atoms with Crippen molar-refractivity contribution < 1.29 is 0 Å². The minimum absolute atomic E-state index is 0.0736. The summed E-state index contributed by atoms with van der Waals surface area (Å²) < 4.78 is 1.74. The molecule has 0 aliphatic rings. The standard InChI is InChI=1S/C12H10BrClN2O2/c1-6-3-4-9(8(13)5-6)16-11(17)7(2)10(14)15-12(16)18/h3-5H,1-2H3,(H,15,18). The van der Waals surface area contributed by atoms with Crippen LogP contribution in [0.25, 0.3) is 5.69 Å². The monoisotopic (exact) mass is 328 g/mol. The third-order valence-electron chi connectivity index (χ3n) is 2.62. The Balaban J connectivity index is 2.84. The molecule has 2 rings (SSSR count). The fourth-order valence-corrected chi connectivity index (χ4v) is 2.44.